The van der Waals surface area contributed by atoms with Crippen LogP contribution in [0.2, 0.25) is 0 Å². The fourth-order valence-electron chi connectivity index (χ4n) is 3.95. The molecule has 0 saturated carbocycles. The number of amides is 2. The third-order valence-corrected chi connectivity index (χ3v) is 5.36. The summed E-state index contributed by atoms with van der Waals surface area (Å²) in [6.07, 6.45) is 2.51. The number of piperidine rings is 1. The van der Waals surface area contributed by atoms with Crippen molar-refractivity contribution in [1.82, 2.24) is 25.3 Å². The van der Waals surface area contributed by atoms with Crippen molar-refractivity contribution < 1.29 is 14.0 Å². The number of nitrogens with zero attached hydrogens (tertiary/aromatic N) is 3. The van der Waals surface area contributed by atoms with Crippen LogP contribution in [0.15, 0.2) is 30.5 Å². The van der Waals surface area contributed by atoms with Gasteiger partial charge >= 0.3 is 0 Å². The first-order valence-electron chi connectivity index (χ1n) is 9.06. The maximum Gasteiger partial charge on any atom is 0.239 e. The molecule has 142 valence electrons. The molecule has 1 aromatic heterocycles. The zero-order valence-electron chi connectivity index (χ0n) is 15.1. The predicted molar refractivity (Wildman–Crippen MR) is 96.9 cm³/mol. The molecule has 0 bridgehead atoms. The molecule has 2 amide bonds. The number of hydrogen-bond donors (Lipinski definition) is 2. The van der Waals surface area contributed by atoms with Gasteiger partial charge in [0.1, 0.15) is 5.82 Å². The van der Waals surface area contributed by atoms with Gasteiger partial charge in [0.2, 0.25) is 11.8 Å². The van der Waals surface area contributed by atoms with Crippen molar-refractivity contribution in [2.75, 3.05) is 26.7 Å². The van der Waals surface area contributed by atoms with E-state index in [-0.39, 0.29) is 36.1 Å². The number of H-pyrrole nitrogens is 1. The van der Waals surface area contributed by atoms with Crippen LogP contribution in [0.1, 0.15) is 12.0 Å². The topological polar surface area (TPSA) is 81.3 Å². The van der Waals surface area contributed by atoms with Gasteiger partial charge in [-0.05, 0) is 30.7 Å². The van der Waals surface area contributed by atoms with Crippen molar-refractivity contribution in [3.63, 3.8) is 0 Å². The molecule has 8 heteroatoms. The van der Waals surface area contributed by atoms with E-state index in [9.17, 15) is 14.0 Å². The van der Waals surface area contributed by atoms with Crippen LogP contribution in [0.5, 0.6) is 0 Å². The lowest BCUT2D eigenvalue weighted by atomic mass is 9.91. The van der Waals surface area contributed by atoms with Crippen LogP contribution in [0, 0.1) is 11.7 Å². The van der Waals surface area contributed by atoms with Gasteiger partial charge in [-0.2, -0.15) is 5.10 Å². The van der Waals surface area contributed by atoms with Crippen LogP contribution in [0.3, 0.4) is 0 Å². The molecule has 0 spiro atoms. The van der Waals surface area contributed by atoms with Crippen LogP contribution >= 0.6 is 0 Å². The molecule has 2 atom stereocenters. The Labute approximate surface area is 156 Å². The van der Waals surface area contributed by atoms with Crippen LogP contribution in [0.25, 0.3) is 11.3 Å². The molecule has 2 N–H and O–H groups in total. The number of nitrogens with one attached hydrogen (secondary N) is 2. The molecule has 3 heterocycles. The molecule has 7 nitrogen and oxygen atoms in total. The Morgan fingerprint density at radius 3 is 2.81 bits per heavy atom. The van der Waals surface area contributed by atoms with Gasteiger partial charge in [-0.25, -0.2) is 4.39 Å². The SMILES string of the molecule is CN1CC(=O)N[C@@H]2CCN(Cc3cn[nH]c3-c3ccc(F)cc3)C[C@@H]2C1=O. The predicted octanol–water partition coefficient (Wildman–Crippen LogP) is 0.995. The van der Waals surface area contributed by atoms with E-state index >= 15 is 0 Å². The number of aromatic amines is 1. The Morgan fingerprint density at radius 1 is 1.26 bits per heavy atom. The van der Waals surface area contributed by atoms with Crippen molar-refractivity contribution in [2.45, 2.75) is 19.0 Å². The molecule has 2 fully saturated rings. The highest BCUT2D eigenvalue weighted by Gasteiger charge is 2.39. The molecule has 2 saturated heterocycles. The minimum Gasteiger partial charge on any atom is -0.351 e. The van der Waals surface area contributed by atoms with Crippen LogP contribution < -0.4 is 5.32 Å². The molecule has 2 aliphatic heterocycles. The maximum absolute atomic E-state index is 13.2. The monoisotopic (exact) mass is 371 g/mol. The van der Waals surface area contributed by atoms with E-state index < -0.39 is 0 Å². The van der Waals surface area contributed by atoms with E-state index in [1.807, 2.05) is 0 Å². The molecule has 2 aliphatic rings. The van der Waals surface area contributed by atoms with Crippen molar-refractivity contribution in [1.29, 1.82) is 0 Å². The van der Waals surface area contributed by atoms with E-state index in [0.29, 0.717) is 13.1 Å². The van der Waals surface area contributed by atoms with Crippen molar-refractivity contribution in [2.24, 2.45) is 5.92 Å². The zero-order valence-corrected chi connectivity index (χ0v) is 15.1. The van der Waals surface area contributed by atoms with Gasteiger partial charge in [-0.1, -0.05) is 0 Å². The minimum atomic E-state index is -0.278. The van der Waals surface area contributed by atoms with Gasteiger partial charge in [0, 0.05) is 43.9 Å². The highest BCUT2D eigenvalue weighted by atomic mass is 19.1. The van der Waals surface area contributed by atoms with E-state index in [1.165, 1.54) is 17.0 Å². The highest BCUT2D eigenvalue weighted by molar-refractivity contribution is 5.89. The van der Waals surface area contributed by atoms with Gasteiger partial charge in [0.05, 0.1) is 24.4 Å². The summed E-state index contributed by atoms with van der Waals surface area (Å²) >= 11 is 0. The summed E-state index contributed by atoms with van der Waals surface area (Å²) in [5.74, 6) is -0.606. The second kappa shape index (κ2) is 7.11. The Hall–Kier alpha value is -2.74. The van der Waals surface area contributed by atoms with E-state index in [0.717, 1.165) is 29.8 Å². The molecule has 2 aromatic rings. The Bertz CT molecular complexity index is 850. The molecule has 4 rings (SSSR count). The van der Waals surface area contributed by atoms with Gasteiger partial charge < -0.3 is 10.2 Å². The third-order valence-electron chi connectivity index (χ3n) is 5.36. The first kappa shape index (κ1) is 17.7. The van der Waals surface area contributed by atoms with Crippen LogP contribution in [-0.4, -0.2) is 64.5 Å². The van der Waals surface area contributed by atoms with Gasteiger partial charge in [-0.15, -0.1) is 0 Å². The summed E-state index contributed by atoms with van der Waals surface area (Å²) < 4.78 is 13.2. The maximum atomic E-state index is 13.2. The molecule has 1 aromatic carbocycles. The van der Waals surface area contributed by atoms with Crippen LogP contribution in [-0.2, 0) is 16.1 Å². The summed E-state index contributed by atoms with van der Waals surface area (Å²) in [7, 11) is 1.67. The summed E-state index contributed by atoms with van der Waals surface area (Å²) in [5.41, 5.74) is 2.73. The molecule has 0 radical (unpaired) electrons. The van der Waals surface area contributed by atoms with E-state index in [2.05, 4.69) is 20.4 Å². The number of hydrogen-bond acceptors (Lipinski definition) is 4. The molecular formula is C19H22FN5O2. The fraction of sp³-hybridized carbons (Fsp3) is 0.421. The van der Waals surface area contributed by atoms with Crippen molar-refractivity contribution in [3.8, 4) is 11.3 Å². The van der Waals surface area contributed by atoms with Crippen molar-refractivity contribution in [3.05, 3.63) is 41.8 Å². The number of carbonyl (C=O) groups is 2. The first-order chi connectivity index (χ1) is 13.0. The van der Waals surface area contributed by atoms with Crippen LogP contribution in [0.4, 0.5) is 4.39 Å². The lowest BCUT2D eigenvalue weighted by Crippen LogP contribution is -2.52. The third kappa shape index (κ3) is 3.57. The van der Waals surface area contributed by atoms with Gasteiger partial charge in [0.25, 0.3) is 0 Å². The zero-order chi connectivity index (χ0) is 19.0. The smallest absolute Gasteiger partial charge is 0.239 e. The average molecular weight is 371 g/mol. The van der Waals surface area contributed by atoms with E-state index in [4.69, 9.17) is 0 Å². The second-order valence-corrected chi connectivity index (χ2v) is 7.28. The quantitative estimate of drug-likeness (QED) is 0.843. The average Bonchev–Trinajstić information content (AvgIpc) is 3.07. The highest BCUT2D eigenvalue weighted by Crippen LogP contribution is 2.26. The summed E-state index contributed by atoms with van der Waals surface area (Å²) in [5, 5.41) is 10.1. The Kier molecular flexibility index (Phi) is 4.65. The number of fused-ring (bicyclic) bond motifs is 1. The Morgan fingerprint density at radius 2 is 2.04 bits per heavy atom. The van der Waals surface area contributed by atoms with Gasteiger partial charge in [-0.3, -0.25) is 19.6 Å². The number of halogens is 1. The number of rotatable bonds is 3. The lowest BCUT2D eigenvalue weighted by Gasteiger charge is -2.37. The number of benzene rings is 1. The number of likely N-dealkylation sites (N-methyl/N-ethyl adjacent to an activating group) is 1. The number of likely N-dealkylation sites (tertiary alicyclic amines) is 1. The lowest BCUT2D eigenvalue weighted by molar-refractivity contribution is -0.136. The number of aromatic nitrogens is 2. The summed E-state index contributed by atoms with van der Waals surface area (Å²) in [6, 6.07) is 6.19. The molecule has 27 heavy (non-hydrogen) atoms. The molecular weight excluding hydrogens is 349 g/mol. The molecule has 0 unspecified atom stereocenters. The largest absolute Gasteiger partial charge is 0.351 e. The fourth-order valence-corrected chi connectivity index (χ4v) is 3.95. The summed E-state index contributed by atoms with van der Waals surface area (Å²) in [4.78, 5) is 28.3. The van der Waals surface area contributed by atoms with Crippen molar-refractivity contribution >= 4 is 11.8 Å². The van der Waals surface area contributed by atoms with E-state index in [1.54, 1.807) is 25.4 Å². The normalized spacial score (nSPS) is 23.7. The first-order valence-corrected chi connectivity index (χ1v) is 9.06. The summed E-state index contributed by atoms with van der Waals surface area (Å²) in [6.45, 7) is 2.12. The van der Waals surface area contributed by atoms with Gasteiger partial charge in [0.15, 0.2) is 0 Å². The second-order valence-electron chi connectivity index (χ2n) is 7.28. The minimum absolute atomic E-state index is 0.00833. The Balaban J connectivity index is 1.50. The molecule has 0 aliphatic carbocycles. The standard InChI is InChI=1S/C19H22FN5O2/c1-24-11-17(26)22-16-6-7-25(10-15(16)19(24)27)9-13-8-21-23-18(13)12-2-4-14(20)5-3-12/h2-5,8,15-16H,6-7,9-11H2,1H3,(H,21,23)(H,22,26)/t15-,16+/m0/s1. The number of carbonyl (C=O) groups excluding carboxylic acids is 2.